The Balaban J connectivity index is 2.10. The number of carboxylic acids is 1. The average Bonchev–Trinajstić information content (AvgIpc) is 2.40. The monoisotopic (exact) mass is 299 g/mol. The fraction of sp³-hybridized carbons (Fsp3) is 0.533. The molecule has 21 heavy (non-hydrogen) atoms. The predicted molar refractivity (Wildman–Crippen MR) is 74.4 cm³/mol. The van der Waals surface area contributed by atoms with Gasteiger partial charge in [-0.25, -0.2) is 13.6 Å². The van der Waals surface area contributed by atoms with Gasteiger partial charge in [-0.2, -0.15) is 0 Å². The van der Waals surface area contributed by atoms with Crippen LogP contribution in [-0.4, -0.2) is 28.3 Å². The Morgan fingerprint density at radius 1 is 1.43 bits per heavy atom. The van der Waals surface area contributed by atoms with Crippen LogP contribution in [0.15, 0.2) is 12.1 Å². The number of hydrogen-bond acceptors (Lipinski definition) is 3. The molecule has 0 amide bonds. The van der Waals surface area contributed by atoms with E-state index in [4.69, 9.17) is 5.11 Å². The van der Waals surface area contributed by atoms with E-state index in [1.54, 1.807) is 0 Å². The van der Waals surface area contributed by atoms with Gasteiger partial charge in [0.2, 0.25) is 0 Å². The largest absolute Gasteiger partial charge is 0.478 e. The number of anilines is 1. The number of carboxylic acid groups (broad SMARTS) is 1. The van der Waals surface area contributed by atoms with Gasteiger partial charge in [0.05, 0.1) is 16.9 Å². The Morgan fingerprint density at radius 3 is 2.76 bits per heavy atom. The third-order valence-corrected chi connectivity index (χ3v) is 3.99. The average molecular weight is 299 g/mol. The van der Waals surface area contributed by atoms with E-state index >= 15 is 0 Å². The van der Waals surface area contributed by atoms with Crippen LogP contribution >= 0.6 is 0 Å². The van der Waals surface area contributed by atoms with Crippen molar-refractivity contribution in [3.63, 3.8) is 0 Å². The van der Waals surface area contributed by atoms with Crippen molar-refractivity contribution in [3.05, 3.63) is 29.3 Å². The predicted octanol–water partition coefficient (Wildman–Crippen LogP) is 3.02. The van der Waals surface area contributed by atoms with Crippen LogP contribution in [0.5, 0.6) is 0 Å². The van der Waals surface area contributed by atoms with Gasteiger partial charge in [0.15, 0.2) is 11.6 Å². The summed E-state index contributed by atoms with van der Waals surface area (Å²) in [6, 6.07) is 2.19. The maximum absolute atomic E-state index is 13.8. The highest BCUT2D eigenvalue weighted by Crippen LogP contribution is 2.32. The fourth-order valence-electron chi connectivity index (χ4n) is 2.90. The molecule has 1 aromatic carbocycles. The maximum Gasteiger partial charge on any atom is 0.338 e. The molecule has 0 aromatic heterocycles. The summed E-state index contributed by atoms with van der Waals surface area (Å²) in [5.74, 6) is -3.75. The van der Waals surface area contributed by atoms with E-state index in [-0.39, 0.29) is 12.2 Å². The number of aliphatic hydroxyl groups is 1. The lowest BCUT2D eigenvalue weighted by Gasteiger charge is -2.35. The molecular weight excluding hydrogens is 280 g/mol. The van der Waals surface area contributed by atoms with Crippen LogP contribution in [0.4, 0.5) is 14.5 Å². The summed E-state index contributed by atoms with van der Waals surface area (Å²) in [7, 11) is 0. The van der Waals surface area contributed by atoms with Gasteiger partial charge in [-0.1, -0.05) is 19.8 Å². The SMILES string of the molecule is CC1CCCC(O)(CNc2ccc(C(=O)O)c(F)c2F)C1. The molecule has 1 saturated carbocycles. The number of carbonyl (C=O) groups is 1. The third-order valence-electron chi connectivity index (χ3n) is 3.99. The molecule has 0 bridgehead atoms. The highest BCUT2D eigenvalue weighted by atomic mass is 19.2. The summed E-state index contributed by atoms with van der Waals surface area (Å²) < 4.78 is 27.4. The first kappa shape index (κ1) is 15.7. The lowest BCUT2D eigenvalue weighted by atomic mass is 9.79. The Labute approximate surface area is 121 Å². The van der Waals surface area contributed by atoms with E-state index in [0.29, 0.717) is 18.8 Å². The van der Waals surface area contributed by atoms with Crippen molar-refractivity contribution in [1.82, 2.24) is 0 Å². The van der Waals surface area contributed by atoms with Crippen LogP contribution in [0.3, 0.4) is 0 Å². The van der Waals surface area contributed by atoms with Crippen molar-refractivity contribution in [2.45, 2.75) is 38.2 Å². The lowest BCUT2D eigenvalue weighted by molar-refractivity contribution is -0.000827. The minimum absolute atomic E-state index is 0.111. The summed E-state index contributed by atoms with van der Waals surface area (Å²) in [5.41, 5.74) is -1.78. The van der Waals surface area contributed by atoms with Crippen molar-refractivity contribution in [2.24, 2.45) is 5.92 Å². The van der Waals surface area contributed by atoms with Gasteiger partial charge in [0.1, 0.15) is 0 Å². The molecule has 2 unspecified atom stereocenters. The molecule has 2 atom stereocenters. The van der Waals surface area contributed by atoms with Crippen LogP contribution in [0, 0.1) is 17.6 Å². The van der Waals surface area contributed by atoms with E-state index in [1.807, 2.05) is 6.92 Å². The van der Waals surface area contributed by atoms with Crippen LogP contribution < -0.4 is 5.32 Å². The first-order valence-corrected chi connectivity index (χ1v) is 7.00. The molecule has 4 nitrogen and oxygen atoms in total. The van der Waals surface area contributed by atoms with Gasteiger partial charge >= 0.3 is 5.97 Å². The van der Waals surface area contributed by atoms with Gasteiger partial charge in [0.25, 0.3) is 0 Å². The second kappa shape index (κ2) is 5.97. The zero-order chi connectivity index (χ0) is 15.6. The van der Waals surface area contributed by atoms with Gasteiger partial charge in [-0.3, -0.25) is 0 Å². The lowest BCUT2D eigenvalue weighted by Crippen LogP contribution is -2.41. The first-order chi connectivity index (χ1) is 9.82. The highest BCUT2D eigenvalue weighted by molar-refractivity contribution is 5.88. The summed E-state index contributed by atoms with van der Waals surface area (Å²) in [6.07, 6.45) is 3.17. The number of hydrogen-bond donors (Lipinski definition) is 3. The van der Waals surface area contributed by atoms with Gasteiger partial charge in [0, 0.05) is 6.54 Å². The molecule has 116 valence electrons. The van der Waals surface area contributed by atoms with E-state index in [9.17, 15) is 18.7 Å². The summed E-state index contributed by atoms with van der Waals surface area (Å²) in [6.45, 7) is 2.16. The molecule has 0 radical (unpaired) electrons. The van der Waals surface area contributed by atoms with Crippen molar-refractivity contribution >= 4 is 11.7 Å². The molecule has 6 heteroatoms. The van der Waals surface area contributed by atoms with Crippen molar-refractivity contribution in [2.75, 3.05) is 11.9 Å². The van der Waals surface area contributed by atoms with Crippen molar-refractivity contribution in [1.29, 1.82) is 0 Å². The molecule has 0 saturated heterocycles. The summed E-state index contributed by atoms with van der Waals surface area (Å²) in [4.78, 5) is 10.7. The third kappa shape index (κ3) is 3.50. The van der Waals surface area contributed by atoms with Crippen molar-refractivity contribution < 1.29 is 23.8 Å². The zero-order valence-electron chi connectivity index (χ0n) is 11.8. The molecule has 1 aliphatic rings. The number of aromatic carboxylic acids is 1. The van der Waals surface area contributed by atoms with Crippen LogP contribution in [0.2, 0.25) is 0 Å². The second-order valence-corrected chi connectivity index (χ2v) is 5.87. The normalized spacial score (nSPS) is 25.6. The van der Waals surface area contributed by atoms with E-state index in [0.717, 1.165) is 18.9 Å². The number of nitrogens with one attached hydrogen (secondary N) is 1. The number of halogens is 2. The summed E-state index contributed by atoms with van der Waals surface area (Å²) >= 11 is 0. The molecule has 0 spiro atoms. The van der Waals surface area contributed by atoms with Gasteiger partial charge < -0.3 is 15.5 Å². The number of rotatable bonds is 4. The van der Waals surface area contributed by atoms with Crippen LogP contribution in [0.25, 0.3) is 0 Å². The Kier molecular flexibility index (Phi) is 4.46. The highest BCUT2D eigenvalue weighted by Gasteiger charge is 2.32. The molecule has 3 N–H and O–H groups in total. The standard InChI is InChI=1S/C15H19F2NO3/c1-9-3-2-6-15(21,7-9)8-18-11-5-4-10(14(19)20)12(16)13(11)17/h4-5,9,18,21H,2-3,6-8H2,1H3,(H,19,20). The second-order valence-electron chi connectivity index (χ2n) is 5.87. The Bertz CT molecular complexity index is 550. The summed E-state index contributed by atoms with van der Waals surface area (Å²) in [5, 5.41) is 21.8. The number of benzene rings is 1. The molecule has 0 aliphatic heterocycles. The fourth-order valence-corrected chi connectivity index (χ4v) is 2.90. The van der Waals surface area contributed by atoms with Gasteiger partial charge in [-0.15, -0.1) is 0 Å². The van der Waals surface area contributed by atoms with Crippen LogP contribution in [0.1, 0.15) is 43.0 Å². The van der Waals surface area contributed by atoms with E-state index in [2.05, 4.69) is 5.32 Å². The van der Waals surface area contributed by atoms with E-state index in [1.165, 1.54) is 6.07 Å². The topological polar surface area (TPSA) is 69.6 Å². The molecule has 1 fully saturated rings. The quantitative estimate of drug-likeness (QED) is 0.799. The molecular formula is C15H19F2NO3. The molecule has 1 aliphatic carbocycles. The smallest absolute Gasteiger partial charge is 0.338 e. The Morgan fingerprint density at radius 2 is 2.14 bits per heavy atom. The minimum atomic E-state index is -1.52. The van der Waals surface area contributed by atoms with Crippen LogP contribution in [-0.2, 0) is 0 Å². The minimum Gasteiger partial charge on any atom is -0.478 e. The zero-order valence-corrected chi connectivity index (χ0v) is 11.8. The molecule has 1 aromatic rings. The molecule has 0 heterocycles. The Hall–Kier alpha value is -1.69. The van der Waals surface area contributed by atoms with E-state index < -0.39 is 28.8 Å². The maximum atomic E-state index is 13.8. The first-order valence-electron chi connectivity index (χ1n) is 7.00. The van der Waals surface area contributed by atoms with Crippen molar-refractivity contribution in [3.8, 4) is 0 Å². The molecule has 2 rings (SSSR count). The van der Waals surface area contributed by atoms with Gasteiger partial charge in [-0.05, 0) is 30.9 Å².